The third kappa shape index (κ3) is 3.76. The van der Waals surface area contributed by atoms with Gasteiger partial charge in [-0.05, 0) is 30.3 Å². The number of aromatic nitrogens is 2. The predicted molar refractivity (Wildman–Crippen MR) is 111 cm³/mol. The Morgan fingerprint density at radius 2 is 1.59 bits per heavy atom. The van der Waals surface area contributed by atoms with Crippen LogP contribution in [0.4, 0.5) is 11.5 Å². The molecule has 0 atom stereocenters. The van der Waals surface area contributed by atoms with Gasteiger partial charge in [0.05, 0.1) is 19.7 Å². The summed E-state index contributed by atoms with van der Waals surface area (Å²) in [7, 11) is 0.912. The first-order chi connectivity index (χ1) is 13.0. The van der Waals surface area contributed by atoms with Crippen molar-refractivity contribution in [3.05, 3.63) is 42.7 Å². The Morgan fingerprint density at radius 1 is 0.963 bits per heavy atom. The molecule has 1 heterocycles. The van der Waals surface area contributed by atoms with Crippen LogP contribution >= 0.6 is 7.14 Å². The first kappa shape index (κ1) is 19.2. The second kappa shape index (κ2) is 7.97. The lowest BCUT2D eigenvalue weighted by Crippen LogP contribution is -2.08. The van der Waals surface area contributed by atoms with Crippen LogP contribution in [0.5, 0.6) is 11.5 Å². The van der Waals surface area contributed by atoms with Gasteiger partial charge in [-0.2, -0.15) is 0 Å². The van der Waals surface area contributed by atoms with Crippen molar-refractivity contribution in [2.75, 3.05) is 31.9 Å². The summed E-state index contributed by atoms with van der Waals surface area (Å²) in [4.78, 5) is 8.68. The van der Waals surface area contributed by atoms with Gasteiger partial charge in [0.15, 0.2) is 11.5 Å². The zero-order valence-electron chi connectivity index (χ0n) is 16.0. The number of ether oxygens (including phenoxy) is 2. The molecule has 0 saturated carbocycles. The van der Waals surface area contributed by atoms with Crippen LogP contribution in [-0.4, -0.2) is 36.5 Å². The summed E-state index contributed by atoms with van der Waals surface area (Å²) in [6.45, 7) is 3.95. The average Bonchev–Trinajstić information content (AvgIpc) is 2.72. The van der Waals surface area contributed by atoms with E-state index in [1.807, 2.05) is 50.2 Å². The number of hydrogen-bond acceptors (Lipinski definition) is 6. The molecule has 6 nitrogen and oxygen atoms in total. The molecule has 0 radical (unpaired) electrons. The number of nitrogens with one attached hydrogen (secondary N) is 1. The Hall–Kier alpha value is -2.59. The first-order valence-corrected chi connectivity index (χ1v) is 10.9. The molecule has 0 aliphatic carbocycles. The summed E-state index contributed by atoms with van der Waals surface area (Å²) in [5.74, 6) is 1.90. The molecule has 0 saturated heterocycles. The summed E-state index contributed by atoms with van der Waals surface area (Å²) in [5.41, 5.74) is 1.62. The smallest absolute Gasteiger partial charge is 0.162 e. The number of anilines is 2. The Balaban J connectivity index is 1.96. The van der Waals surface area contributed by atoms with Crippen LogP contribution in [-0.2, 0) is 4.57 Å². The van der Waals surface area contributed by atoms with Gasteiger partial charge in [-0.25, -0.2) is 9.97 Å². The molecule has 3 aromatic rings. The molecule has 2 aromatic carbocycles. The molecule has 0 unspecified atom stereocenters. The van der Waals surface area contributed by atoms with Crippen LogP contribution in [0, 0.1) is 0 Å². The van der Waals surface area contributed by atoms with E-state index in [2.05, 4.69) is 15.3 Å². The van der Waals surface area contributed by atoms with Crippen LogP contribution in [0.15, 0.2) is 42.7 Å². The van der Waals surface area contributed by atoms with E-state index in [9.17, 15) is 4.57 Å². The fraction of sp³-hybridized carbons (Fsp3) is 0.300. The molecule has 0 bridgehead atoms. The fourth-order valence-electron chi connectivity index (χ4n) is 3.02. The molecule has 0 aliphatic rings. The first-order valence-electron chi connectivity index (χ1n) is 8.87. The van der Waals surface area contributed by atoms with Crippen molar-refractivity contribution in [1.29, 1.82) is 0 Å². The zero-order chi connectivity index (χ0) is 19.4. The standard InChI is InChI=1S/C20H24N3O3P/c1-5-27(24,6-2)15-9-7-14(8-10-15)23-20-16-11-18(25-3)19(26-4)12-17(16)21-13-22-20/h7-13H,5-6H2,1-4H3,(H,21,22,23). The van der Waals surface area contributed by atoms with Crippen molar-refractivity contribution in [3.8, 4) is 11.5 Å². The van der Waals surface area contributed by atoms with Gasteiger partial charge in [0.1, 0.15) is 19.3 Å². The fourth-order valence-corrected chi connectivity index (χ4v) is 4.89. The molecule has 27 heavy (non-hydrogen) atoms. The van der Waals surface area contributed by atoms with E-state index >= 15 is 0 Å². The van der Waals surface area contributed by atoms with Crippen LogP contribution < -0.4 is 20.1 Å². The number of methoxy groups -OCH3 is 2. The van der Waals surface area contributed by atoms with E-state index < -0.39 is 7.14 Å². The van der Waals surface area contributed by atoms with Gasteiger partial charge in [-0.3, -0.25) is 0 Å². The van der Waals surface area contributed by atoms with E-state index in [-0.39, 0.29) is 0 Å². The minimum Gasteiger partial charge on any atom is -0.493 e. The Kier molecular flexibility index (Phi) is 5.66. The molecule has 0 amide bonds. The van der Waals surface area contributed by atoms with Gasteiger partial charge in [0.25, 0.3) is 0 Å². The van der Waals surface area contributed by atoms with E-state index in [4.69, 9.17) is 9.47 Å². The summed E-state index contributed by atoms with van der Waals surface area (Å²) in [5, 5.41) is 5.05. The van der Waals surface area contributed by atoms with Crippen molar-refractivity contribution in [2.45, 2.75) is 13.8 Å². The normalized spacial score (nSPS) is 11.4. The van der Waals surface area contributed by atoms with Crippen molar-refractivity contribution in [3.63, 3.8) is 0 Å². The van der Waals surface area contributed by atoms with Crippen molar-refractivity contribution < 1.29 is 14.0 Å². The van der Waals surface area contributed by atoms with E-state index in [0.29, 0.717) is 29.6 Å². The zero-order valence-corrected chi connectivity index (χ0v) is 16.9. The molecule has 1 N–H and O–H groups in total. The van der Waals surface area contributed by atoms with Gasteiger partial charge >= 0.3 is 0 Å². The summed E-state index contributed by atoms with van der Waals surface area (Å²) in [6, 6.07) is 11.4. The lowest BCUT2D eigenvalue weighted by Gasteiger charge is -2.15. The van der Waals surface area contributed by atoms with Gasteiger partial charge in [-0.15, -0.1) is 0 Å². The highest BCUT2D eigenvalue weighted by atomic mass is 31.2. The van der Waals surface area contributed by atoms with Crippen molar-refractivity contribution >= 4 is 34.9 Å². The predicted octanol–water partition coefficient (Wildman–Crippen LogP) is 4.42. The van der Waals surface area contributed by atoms with Crippen molar-refractivity contribution in [2.24, 2.45) is 0 Å². The average molecular weight is 385 g/mol. The number of benzene rings is 2. The third-order valence-corrected chi connectivity index (χ3v) is 8.05. The molecule has 142 valence electrons. The van der Waals surface area contributed by atoms with Gasteiger partial charge < -0.3 is 19.4 Å². The van der Waals surface area contributed by atoms with Crippen LogP contribution in [0.25, 0.3) is 10.9 Å². The minimum absolute atomic E-state index is 0.616. The summed E-state index contributed by atoms with van der Waals surface area (Å²) >= 11 is 0. The lowest BCUT2D eigenvalue weighted by atomic mass is 10.2. The highest BCUT2D eigenvalue weighted by Crippen LogP contribution is 2.43. The molecular formula is C20H24N3O3P. The van der Waals surface area contributed by atoms with E-state index in [1.54, 1.807) is 14.2 Å². The van der Waals surface area contributed by atoms with E-state index in [1.165, 1.54) is 6.33 Å². The Labute approximate surface area is 159 Å². The third-order valence-electron chi connectivity index (χ3n) is 4.76. The molecule has 0 aliphatic heterocycles. The molecular weight excluding hydrogens is 361 g/mol. The molecule has 0 spiro atoms. The Morgan fingerprint density at radius 3 is 2.19 bits per heavy atom. The summed E-state index contributed by atoms with van der Waals surface area (Å²) < 4.78 is 23.6. The monoisotopic (exact) mass is 385 g/mol. The number of hydrogen-bond donors (Lipinski definition) is 1. The number of fused-ring (bicyclic) bond motifs is 1. The maximum absolute atomic E-state index is 12.9. The minimum atomic E-state index is -2.28. The molecule has 3 rings (SSSR count). The maximum Gasteiger partial charge on any atom is 0.162 e. The van der Waals surface area contributed by atoms with Crippen molar-refractivity contribution in [1.82, 2.24) is 9.97 Å². The molecule has 1 aromatic heterocycles. The number of rotatable bonds is 7. The lowest BCUT2D eigenvalue weighted by molar-refractivity contribution is 0.356. The molecule has 7 heteroatoms. The highest BCUT2D eigenvalue weighted by molar-refractivity contribution is 7.71. The van der Waals surface area contributed by atoms with Crippen LogP contribution in [0.2, 0.25) is 0 Å². The van der Waals surface area contributed by atoms with Crippen LogP contribution in [0.3, 0.4) is 0 Å². The summed E-state index contributed by atoms with van der Waals surface area (Å²) in [6.07, 6.45) is 2.86. The maximum atomic E-state index is 12.9. The quantitative estimate of drug-likeness (QED) is 0.607. The van der Waals surface area contributed by atoms with E-state index in [0.717, 1.165) is 21.9 Å². The van der Waals surface area contributed by atoms with Gasteiger partial charge in [0.2, 0.25) is 0 Å². The second-order valence-corrected chi connectivity index (χ2v) is 9.70. The second-order valence-electron chi connectivity index (χ2n) is 6.14. The van der Waals surface area contributed by atoms with Crippen LogP contribution in [0.1, 0.15) is 13.8 Å². The number of nitrogens with zero attached hydrogens (tertiary/aromatic N) is 2. The largest absolute Gasteiger partial charge is 0.493 e. The van der Waals surface area contributed by atoms with Gasteiger partial charge in [-0.1, -0.05) is 13.8 Å². The topological polar surface area (TPSA) is 73.3 Å². The molecule has 0 fully saturated rings. The highest BCUT2D eigenvalue weighted by Gasteiger charge is 2.19. The SMILES string of the molecule is CCP(=O)(CC)c1ccc(Nc2ncnc3cc(OC)c(OC)cc23)cc1. The Bertz CT molecular complexity index is 982. The van der Waals surface area contributed by atoms with Gasteiger partial charge in [0, 0.05) is 34.8 Å².